The molecule has 0 atom stereocenters. The van der Waals surface area contributed by atoms with Crippen LogP contribution in [-0.4, -0.2) is 35.9 Å². The molecule has 0 aliphatic rings. The van der Waals surface area contributed by atoms with E-state index in [1.165, 1.54) is 37.4 Å². The van der Waals surface area contributed by atoms with Gasteiger partial charge in [0.2, 0.25) is 5.82 Å². The second kappa shape index (κ2) is 10.2. The minimum Gasteiger partial charge on any atom is -0.493 e. The van der Waals surface area contributed by atoms with Gasteiger partial charge in [-0.1, -0.05) is 17.3 Å². The Labute approximate surface area is 180 Å². The van der Waals surface area contributed by atoms with Gasteiger partial charge in [0, 0.05) is 12.1 Å². The molecule has 3 N–H and O–H groups in total. The molecule has 0 bridgehead atoms. The zero-order valence-corrected chi connectivity index (χ0v) is 16.7. The fourth-order valence-electron chi connectivity index (χ4n) is 2.59. The average Bonchev–Trinajstić information content (AvgIpc) is 3.25. The number of urea groups is 1. The summed E-state index contributed by atoms with van der Waals surface area (Å²) in [6, 6.07) is 9.87. The third-order valence-electron chi connectivity index (χ3n) is 4.09. The first-order valence-corrected chi connectivity index (χ1v) is 9.11. The minimum atomic E-state index is -3.00. The number of hydrogen-bond donors (Lipinski definition) is 2. The number of primary amides is 1. The summed E-state index contributed by atoms with van der Waals surface area (Å²) in [5, 5.41) is 6.22. The quantitative estimate of drug-likeness (QED) is 0.477. The molecule has 32 heavy (non-hydrogen) atoms. The van der Waals surface area contributed by atoms with Crippen LogP contribution in [0.25, 0.3) is 11.4 Å². The van der Waals surface area contributed by atoms with Crippen molar-refractivity contribution in [3.8, 4) is 22.9 Å². The third kappa shape index (κ3) is 5.90. The maximum atomic E-state index is 12.4. The summed E-state index contributed by atoms with van der Waals surface area (Å²) < 4.78 is 44.5. The Morgan fingerprint density at radius 3 is 2.56 bits per heavy atom. The van der Waals surface area contributed by atoms with Crippen LogP contribution in [0.2, 0.25) is 0 Å². The molecule has 0 saturated carbocycles. The molecule has 0 spiro atoms. The van der Waals surface area contributed by atoms with Gasteiger partial charge in [-0.2, -0.15) is 13.8 Å². The number of amides is 2. The maximum Gasteiger partial charge on any atom is 0.387 e. The van der Waals surface area contributed by atoms with Crippen LogP contribution in [0.5, 0.6) is 11.5 Å². The highest BCUT2D eigenvalue weighted by molar-refractivity contribution is 5.89. The first-order valence-electron chi connectivity index (χ1n) is 9.11. The zero-order valence-electron chi connectivity index (χ0n) is 16.7. The van der Waals surface area contributed by atoms with E-state index < -0.39 is 18.6 Å². The van der Waals surface area contributed by atoms with E-state index in [0.717, 1.165) is 5.56 Å². The Balaban J connectivity index is 1.60. The number of carbonyl (C=O) groups excluding carboxylic acids is 2. The van der Waals surface area contributed by atoms with Gasteiger partial charge in [0.1, 0.15) is 0 Å². The first kappa shape index (κ1) is 22.5. The molecule has 2 aromatic carbocycles. The number of nitrogens with two attached hydrogens (primary N) is 1. The predicted octanol–water partition coefficient (Wildman–Crippen LogP) is 2.87. The Kier molecular flexibility index (Phi) is 7.16. The number of hydrogen-bond acceptors (Lipinski definition) is 8. The fraction of sp³-hybridized carbons (Fsp3) is 0.200. The highest BCUT2D eigenvalue weighted by atomic mass is 19.3. The number of aromatic nitrogens is 2. The number of nitrogens with one attached hydrogen (secondary N) is 1. The molecular formula is C20H18F2N4O6. The number of halogens is 2. The topological polar surface area (TPSA) is 139 Å². The zero-order chi connectivity index (χ0) is 23.1. The summed E-state index contributed by atoms with van der Waals surface area (Å²) in [5.74, 6) is -0.517. The monoisotopic (exact) mass is 448 g/mol. The summed E-state index contributed by atoms with van der Waals surface area (Å²) in [4.78, 5) is 27.0. The van der Waals surface area contributed by atoms with Gasteiger partial charge in [0.25, 0.3) is 5.89 Å². The largest absolute Gasteiger partial charge is 0.493 e. The molecule has 0 unspecified atom stereocenters. The van der Waals surface area contributed by atoms with E-state index in [1.807, 2.05) is 0 Å². The molecule has 1 heterocycles. The number of rotatable bonds is 9. The Bertz CT molecular complexity index is 1090. The lowest BCUT2D eigenvalue weighted by Gasteiger charge is -2.10. The summed E-state index contributed by atoms with van der Waals surface area (Å²) >= 11 is 0. The smallest absolute Gasteiger partial charge is 0.387 e. The van der Waals surface area contributed by atoms with Crippen molar-refractivity contribution in [1.82, 2.24) is 15.5 Å². The van der Waals surface area contributed by atoms with Crippen molar-refractivity contribution < 1.29 is 37.1 Å². The van der Waals surface area contributed by atoms with E-state index in [2.05, 4.69) is 20.2 Å². The normalized spacial score (nSPS) is 10.6. The summed E-state index contributed by atoms with van der Waals surface area (Å²) in [5.41, 5.74) is 6.46. The fourth-order valence-corrected chi connectivity index (χ4v) is 2.59. The van der Waals surface area contributed by atoms with E-state index in [4.69, 9.17) is 19.7 Å². The van der Waals surface area contributed by atoms with Gasteiger partial charge in [-0.3, -0.25) is 0 Å². The molecule has 12 heteroatoms. The van der Waals surface area contributed by atoms with Crippen molar-refractivity contribution in [2.75, 3.05) is 7.11 Å². The molecule has 0 fully saturated rings. The van der Waals surface area contributed by atoms with E-state index in [1.54, 1.807) is 12.1 Å². The van der Waals surface area contributed by atoms with Crippen molar-refractivity contribution in [3.63, 3.8) is 0 Å². The SMILES string of the molecule is COc1cc(-c2noc(COC(=O)c3ccc(CNC(N)=O)cc3)n2)ccc1OC(F)F. The van der Waals surface area contributed by atoms with Crippen LogP contribution in [0.4, 0.5) is 13.6 Å². The van der Waals surface area contributed by atoms with Crippen molar-refractivity contribution in [2.24, 2.45) is 5.73 Å². The first-order chi connectivity index (χ1) is 15.4. The van der Waals surface area contributed by atoms with Crippen LogP contribution >= 0.6 is 0 Å². The van der Waals surface area contributed by atoms with E-state index in [9.17, 15) is 18.4 Å². The van der Waals surface area contributed by atoms with Crippen LogP contribution in [0, 0.1) is 0 Å². The number of carbonyl (C=O) groups is 2. The number of esters is 1. The molecule has 0 aliphatic heterocycles. The second-order valence-electron chi connectivity index (χ2n) is 6.25. The van der Waals surface area contributed by atoms with Gasteiger partial charge in [0.05, 0.1) is 12.7 Å². The van der Waals surface area contributed by atoms with Gasteiger partial charge in [-0.15, -0.1) is 0 Å². The molecule has 0 radical (unpaired) electrons. The van der Waals surface area contributed by atoms with Gasteiger partial charge in [0.15, 0.2) is 18.1 Å². The molecule has 3 rings (SSSR count). The van der Waals surface area contributed by atoms with E-state index >= 15 is 0 Å². The van der Waals surface area contributed by atoms with Crippen LogP contribution in [-0.2, 0) is 17.9 Å². The standard InChI is InChI=1S/C20H18F2N4O6/c1-29-15-8-13(6-7-14(15)31-19(21)22)17-25-16(32-26-17)10-30-18(27)12-4-2-11(3-5-12)9-24-20(23)28/h2-8,19H,9-10H2,1H3,(H3,23,24,28). The Morgan fingerprint density at radius 1 is 1.16 bits per heavy atom. The molecule has 0 aliphatic carbocycles. The van der Waals surface area contributed by atoms with E-state index in [0.29, 0.717) is 5.56 Å². The van der Waals surface area contributed by atoms with Crippen molar-refractivity contribution in [1.29, 1.82) is 0 Å². The van der Waals surface area contributed by atoms with Crippen LogP contribution < -0.4 is 20.5 Å². The van der Waals surface area contributed by atoms with Crippen LogP contribution in [0.15, 0.2) is 47.0 Å². The number of ether oxygens (including phenoxy) is 3. The molecular weight excluding hydrogens is 430 g/mol. The van der Waals surface area contributed by atoms with Crippen molar-refractivity contribution in [3.05, 3.63) is 59.5 Å². The number of nitrogens with zero attached hydrogens (tertiary/aromatic N) is 2. The summed E-state index contributed by atoms with van der Waals surface area (Å²) in [6.45, 7) is -3.04. The van der Waals surface area contributed by atoms with Gasteiger partial charge in [-0.25, -0.2) is 9.59 Å². The number of benzene rings is 2. The van der Waals surface area contributed by atoms with Gasteiger partial charge in [-0.05, 0) is 35.9 Å². The maximum absolute atomic E-state index is 12.4. The van der Waals surface area contributed by atoms with E-state index in [-0.39, 0.29) is 41.9 Å². The Hall–Kier alpha value is -4.22. The number of alkyl halides is 2. The van der Waals surface area contributed by atoms with Crippen molar-refractivity contribution in [2.45, 2.75) is 19.8 Å². The molecule has 0 saturated heterocycles. The summed E-state index contributed by atoms with van der Waals surface area (Å²) in [6.07, 6.45) is 0. The lowest BCUT2D eigenvalue weighted by Crippen LogP contribution is -2.28. The Morgan fingerprint density at radius 2 is 1.91 bits per heavy atom. The average molecular weight is 448 g/mol. The highest BCUT2D eigenvalue weighted by Gasteiger charge is 2.16. The lowest BCUT2D eigenvalue weighted by molar-refractivity contribution is -0.0512. The van der Waals surface area contributed by atoms with Crippen LogP contribution in [0.3, 0.4) is 0 Å². The third-order valence-corrected chi connectivity index (χ3v) is 4.09. The van der Waals surface area contributed by atoms with Gasteiger partial charge < -0.3 is 29.8 Å². The van der Waals surface area contributed by atoms with Crippen molar-refractivity contribution >= 4 is 12.0 Å². The van der Waals surface area contributed by atoms with Gasteiger partial charge >= 0.3 is 18.6 Å². The predicted molar refractivity (Wildman–Crippen MR) is 105 cm³/mol. The summed E-state index contributed by atoms with van der Waals surface area (Å²) in [7, 11) is 1.30. The molecule has 3 aromatic rings. The highest BCUT2D eigenvalue weighted by Crippen LogP contribution is 2.32. The van der Waals surface area contributed by atoms with Crippen LogP contribution in [0.1, 0.15) is 21.8 Å². The second-order valence-corrected chi connectivity index (χ2v) is 6.25. The lowest BCUT2D eigenvalue weighted by atomic mass is 10.1. The molecule has 2 amide bonds. The molecule has 1 aromatic heterocycles. The minimum absolute atomic E-state index is 0.0301. The number of methoxy groups -OCH3 is 1. The molecule has 10 nitrogen and oxygen atoms in total. The molecule has 168 valence electrons.